The standard InChI is InChI=1S/C8H12Cl2O/c1-8(7(9)10)5-3-2-4-6(8)11/h7H,2-5H2,1H3/t8-/m0/s1. The first-order valence-corrected chi connectivity index (χ1v) is 4.76. The van der Waals surface area contributed by atoms with Crippen LogP contribution >= 0.6 is 23.2 Å². The van der Waals surface area contributed by atoms with Crippen molar-refractivity contribution in [3.05, 3.63) is 0 Å². The summed E-state index contributed by atoms with van der Waals surface area (Å²) in [7, 11) is 0. The molecule has 1 aliphatic rings. The number of Topliss-reactive ketones (excluding diaryl/α,β-unsaturated/α-hetero) is 1. The second kappa shape index (κ2) is 3.32. The Morgan fingerprint density at radius 3 is 2.45 bits per heavy atom. The van der Waals surface area contributed by atoms with Crippen molar-refractivity contribution < 1.29 is 4.79 Å². The lowest BCUT2D eigenvalue weighted by Crippen LogP contribution is -2.36. The monoisotopic (exact) mass is 194 g/mol. The van der Waals surface area contributed by atoms with Crippen LogP contribution < -0.4 is 0 Å². The smallest absolute Gasteiger partial charge is 0.141 e. The molecule has 0 heterocycles. The highest BCUT2D eigenvalue weighted by molar-refractivity contribution is 6.46. The topological polar surface area (TPSA) is 17.1 Å². The number of rotatable bonds is 1. The van der Waals surface area contributed by atoms with Gasteiger partial charge in [0, 0.05) is 6.42 Å². The van der Waals surface area contributed by atoms with E-state index in [1.165, 1.54) is 0 Å². The van der Waals surface area contributed by atoms with Crippen LogP contribution in [-0.4, -0.2) is 10.6 Å². The molecular weight excluding hydrogens is 183 g/mol. The molecule has 3 heteroatoms. The van der Waals surface area contributed by atoms with Gasteiger partial charge < -0.3 is 0 Å². The van der Waals surface area contributed by atoms with Gasteiger partial charge in [-0.1, -0.05) is 13.3 Å². The highest BCUT2D eigenvalue weighted by Gasteiger charge is 2.40. The molecule has 64 valence electrons. The molecule has 0 amide bonds. The maximum absolute atomic E-state index is 11.4. The minimum absolute atomic E-state index is 0.221. The number of ketones is 1. The van der Waals surface area contributed by atoms with E-state index < -0.39 is 10.3 Å². The molecule has 1 fully saturated rings. The van der Waals surface area contributed by atoms with Gasteiger partial charge in [-0.25, -0.2) is 0 Å². The van der Waals surface area contributed by atoms with Crippen molar-refractivity contribution in [2.45, 2.75) is 37.4 Å². The second-order valence-electron chi connectivity index (χ2n) is 3.35. The Bertz CT molecular complexity index is 167. The lowest BCUT2D eigenvalue weighted by atomic mass is 9.76. The van der Waals surface area contributed by atoms with Crippen LogP contribution in [0.25, 0.3) is 0 Å². The summed E-state index contributed by atoms with van der Waals surface area (Å²) in [5.74, 6) is 0.221. The van der Waals surface area contributed by atoms with Crippen molar-refractivity contribution in [3.8, 4) is 0 Å². The quantitative estimate of drug-likeness (QED) is 0.588. The molecule has 0 bridgehead atoms. The Morgan fingerprint density at radius 2 is 2.09 bits per heavy atom. The minimum atomic E-state index is -0.546. The molecule has 0 N–H and O–H groups in total. The minimum Gasteiger partial charge on any atom is -0.299 e. The van der Waals surface area contributed by atoms with Crippen LogP contribution in [0.4, 0.5) is 0 Å². The third kappa shape index (κ3) is 1.70. The first-order chi connectivity index (χ1) is 5.07. The van der Waals surface area contributed by atoms with E-state index in [1.807, 2.05) is 6.92 Å². The summed E-state index contributed by atoms with van der Waals surface area (Å²) in [6.07, 6.45) is 3.54. The Hall–Kier alpha value is 0.250. The number of alkyl halides is 2. The molecule has 0 aliphatic heterocycles. The summed E-state index contributed by atoms with van der Waals surface area (Å²) in [4.78, 5) is 10.8. The van der Waals surface area contributed by atoms with E-state index in [0.717, 1.165) is 19.3 Å². The molecule has 0 spiro atoms. The molecule has 1 rings (SSSR count). The van der Waals surface area contributed by atoms with E-state index >= 15 is 0 Å². The maximum Gasteiger partial charge on any atom is 0.141 e. The third-order valence-electron chi connectivity index (χ3n) is 2.47. The van der Waals surface area contributed by atoms with Gasteiger partial charge in [0.25, 0.3) is 0 Å². The van der Waals surface area contributed by atoms with E-state index in [9.17, 15) is 4.79 Å². The van der Waals surface area contributed by atoms with Crippen LogP contribution in [0, 0.1) is 5.41 Å². The summed E-state index contributed by atoms with van der Waals surface area (Å²) >= 11 is 11.5. The van der Waals surface area contributed by atoms with E-state index in [2.05, 4.69) is 0 Å². The predicted molar refractivity (Wildman–Crippen MR) is 47.1 cm³/mol. The number of carbonyl (C=O) groups excluding carboxylic acids is 1. The molecule has 0 aromatic heterocycles. The van der Waals surface area contributed by atoms with Gasteiger partial charge in [0.2, 0.25) is 0 Å². The van der Waals surface area contributed by atoms with E-state index in [1.54, 1.807) is 0 Å². The van der Waals surface area contributed by atoms with Crippen molar-refractivity contribution >= 4 is 29.0 Å². The summed E-state index contributed by atoms with van der Waals surface area (Å²) in [5.41, 5.74) is -0.471. The van der Waals surface area contributed by atoms with Gasteiger partial charge in [0.05, 0.1) is 5.41 Å². The fraction of sp³-hybridized carbons (Fsp3) is 0.875. The molecule has 11 heavy (non-hydrogen) atoms. The molecule has 1 nitrogen and oxygen atoms in total. The molecule has 1 aliphatic carbocycles. The maximum atomic E-state index is 11.4. The lowest BCUT2D eigenvalue weighted by Gasteiger charge is -2.32. The van der Waals surface area contributed by atoms with Crippen molar-refractivity contribution in [1.82, 2.24) is 0 Å². The van der Waals surface area contributed by atoms with Crippen molar-refractivity contribution in [2.24, 2.45) is 5.41 Å². The van der Waals surface area contributed by atoms with Crippen molar-refractivity contribution in [2.75, 3.05) is 0 Å². The lowest BCUT2D eigenvalue weighted by molar-refractivity contribution is -0.129. The van der Waals surface area contributed by atoms with Crippen molar-refractivity contribution in [1.29, 1.82) is 0 Å². The molecule has 1 atom stereocenters. The molecule has 1 saturated carbocycles. The van der Waals surface area contributed by atoms with Crippen LogP contribution in [0.2, 0.25) is 0 Å². The zero-order valence-corrected chi connectivity index (χ0v) is 8.08. The Balaban J connectivity index is 2.73. The van der Waals surface area contributed by atoms with Crippen LogP contribution in [0.15, 0.2) is 0 Å². The highest BCUT2D eigenvalue weighted by atomic mass is 35.5. The first-order valence-electron chi connectivity index (χ1n) is 3.89. The van der Waals surface area contributed by atoms with Gasteiger partial charge in [-0.05, 0) is 12.8 Å². The Morgan fingerprint density at radius 1 is 1.45 bits per heavy atom. The molecular formula is C8H12Cl2O. The normalized spacial score (nSPS) is 32.9. The SMILES string of the molecule is C[C@]1(C(Cl)Cl)CCCCC1=O. The third-order valence-corrected chi connectivity index (χ3v) is 3.43. The van der Waals surface area contributed by atoms with Crippen LogP contribution in [0.1, 0.15) is 32.6 Å². The average Bonchev–Trinajstić information content (AvgIpc) is 1.95. The molecule has 0 aromatic carbocycles. The zero-order valence-electron chi connectivity index (χ0n) is 6.57. The Labute approximate surface area is 77.1 Å². The first kappa shape index (κ1) is 9.34. The summed E-state index contributed by atoms with van der Waals surface area (Å²) in [5, 5.41) is 0. The van der Waals surface area contributed by atoms with Gasteiger partial charge >= 0.3 is 0 Å². The van der Waals surface area contributed by atoms with Gasteiger partial charge in [-0.15, -0.1) is 23.2 Å². The van der Waals surface area contributed by atoms with Crippen LogP contribution in [0.5, 0.6) is 0 Å². The van der Waals surface area contributed by atoms with E-state index in [4.69, 9.17) is 23.2 Å². The Kier molecular flexibility index (Phi) is 2.82. The van der Waals surface area contributed by atoms with Gasteiger partial charge in [0.1, 0.15) is 10.6 Å². The van der Waals surface area contributed by atoms with Crippen LogP contribution in [0.3, 0.4) is 0 Å². The number of hydrogen-bond acceptors (Lipinski definition) is 1. The van der Waals surface area contributed by atoms with Gasteiger partial charge in [0.15, 0.2) is 0 Å². The number of halogens is 2. The van der Waals surface area contributed by atoms with E-state index in [0.29, 0.717) is 6.42 Å². The molecule has 0 aromatic rings. The summed E-state index contributed by atoms with van der Waals surface area (Å²) < 4.78 is 0. The average molecular weight is 195 g/mol. The largest absolute Gasteiger partial charge is 0.299 e. The second-order valence-corrected chi connectivity index (χ2v) is 4.44. The summed E-state index contributed by atoms with van der Waals surface area (Å²) in [6.45, 7) is 1.86. The molecule has 0 radical (unpaired) electrons. The van der Waals surface area contributed by atoms with Gasteiger partial charge in [-0.3, -0.25) is 4.79 Å². The number of hydrogen-bond donors (Lipinski definition) is 0. The summed E-state index contributed by atoms with van der Waals surface area (Å²) in [6, 6.07) is 0. The fourth-order valence-corrected chi connectivity index (χ4v) is 1.90. The number of carbonyl (C=O) groups is 1. The molecule has 0 unspecified atom stereocenters. The zero-order chi connectivity index (χ0) is 8.48. The highest BCUT2D eigenvalue weighted by Crippen LogP contribution is 2.40. The van der Waals surface area contributed by atoms with Crippen LogP contribution in [-0.2, 0) is 4.79 Å². The van der Waals surface area contributed by atoms with Gasteiger partial charge in [-0.2, -0.15) is 0 Å². The van der Waals surface area contributed by atoms with E-state index in [-0.39, 0.29) is 5.78 Å². The predicted octanol–water partition coefficient (Wildman–Crippen LogP) is 2.94. The van der Waals surface area contributed by atoms with Crippen molar-refractivity contribution in [3.63, 3.8) is 0 Å². The molecule has 0 saturated heterocycles. The fourth-order valence-electron chi connectivity index (χ4n) is 1.43.